The molecule has 0 spiro atoms. The molecule has 0 unspecified atom stereocenters. The summed E-state index contributed by atoms with van der Waals surface area (Å²) in [5.74, 6) is 0.713. The molecule has 0 N–H and O–H groups in total. The molecular formula is C16H10ClN2O4. The van der Waals surface area contributed by atoms with Crippen LogP contribution in [0.3, 0.4) is 0 Å². The van der Waals surface area contributed by atoms with Gasteiger partial charge in [0, 0.05) is 29.6 Å². The molecule has 1 aromatic heterocycles. The average molecular weight is 330 g/mol. The van der Waals surface area contributed by atoms with E-state index in [0.717, 1.165) is 0 Å². The van der Waals surface area contributed by atoms with Gasteiger partial charge in [-0.1, -0.05) is 11.6 Å². The van der Waals surface area contributed by atoms with Gasteiger partial charge in [-0.3, -0.25) is 14.9 Å². The van der Waals surface area contributed by atoms with Crippen molar-refractivity contribution < 1.29 is 9.66 Å². The summed E-state index contributed by atoms with van der Waals surface area (Å²) in [6.07, 6.45) is 2.82. The van der Waals surface area contributed by atoms with E-state index in [9.17, 15) is 14.9 Å². The molecule has 0 bridgehead atoms. The number of nitro groups is 1. The normalized spacial score (nSPS) is 10.7. The van der Waals surface area contributed by atoms with Crippen LogP contribution in [0.5, 0.6) is 11.5 Å². The summed E-state index contributed by atoms with van der Waals surface area (Å²) in [5, 5.41) is 12.1. The maximum atomic E-state index is 12.1. The Kier molecular flexibility index (Phi) is 3.75. The van der Waals surface area contributed by atoms with Gasteiger partial charge >= 0.3 is 0 Å². The Bertz CT molecular complexity index is 964. The zero-order valence-corrected chi connectivity index (χ0v) is 12.7. The van der Waals surface area contributed by atoms with E-state index in [1.165, 1.54) is 28.8 Å². The number of fused-ring (bicyclic) bond motifs is 1. The molecule has 23 heavy (non-hydrogen) atoms. The molecule has 7 heteroatoms. The van der Waals surface area contributed by atoms with Crippen molar-refractivity contribution in [3.63, 3.8) is 0 Å². The Morgan fingerprint density at radius 2 is 1.87 bits per heavy atom. The van der Waals surface area contributed by atoms with Gasteiger partial charge < -0.3 is 9.30 Å². The second-order valence-electron chi connectivity index (χ2n) is 4.85. The molecule has 6 nitrogen and oxygen atoms in total. The van der Waals surface area contributed by atoms with Crippen LogP contribution in [-0.4, -0.2) is 9.49 Å². The second-order valence-corrected chi connectivity index (χ2v) is 5.28. The first-order valence-electron chi connectivity index (χ1n) is 6.59. The number of non-ortho nitro benzene ring substituents is 1. The third-order valence-electron chi connectivity index (χ3n) is 3.30. The Labute approximate surface area is 135 Å². The maximum Gasteiger partial charge on any atom is 0.269 e. The molecule has 3 aromatic rings. The van der Waals surface area contributed by atoms with E-state index in [2.05, 4.69) is 6.20 Å². The Balaban J connectivity index is 2.09. The van der Waals surface area contributed by atoms with Crippen LogP contribution in [0.25, 0.3) is 10.8 Å². The molecular weight excluding hydrogens is 320 g/mol. The number of nitrogens with zero attached hydrogens (tertiary/aromatic N) is 2. The minimum Gasteiger partial charge on any atom is -0.454 e. The van der Waals surface area contributed by atoms with Crippen molar-refractivity contribution in [3.05, 3.63) is 74.2 Å². The number of aryl methyl sites for hydroxylation is 1. The van der Waals surface area contributed by atoms with Crippen LogP contribution >= 0.6 is 11.6 Å². The molecule has 1 heterocycles. The highest BCUT2D eigenvalue weighted by molar-refractivity contribution is 6.31. The van der Waals surface area contributed by atoms with Crippen LogP contribution in [0.15, 0.2) is 47.3 Å². The molecule has 0 atom stereocenters. The van der Waals surface area contributed by atoms with E-state index in [0.29, 0.717) is 27.3 Å². The first-order valence-corrected chi connectivity index (χ1v) is 6.97. The van der Waals surface area contributed by atoms with Gasteiger partial charge in [0.15, 0.2) is 5.75 Å². The lowest BCUT2D eigenvalue weighted by atomic mass is 10.1. The third-order valence-corrected chi connectivity index (χ3v) is 3.53. The van der Waals surface area contributed by atoms with Crippen LogP contribution in [0.1, 0.15) is 0 Å². The van der Waals surface area contributed by atoms with Crippen LogP contribution < -0.4 is 10.3 Å². The summed E-state index contributed by atoms with van der Waals surface area (Å²) >= 11 is 5.99. The quantitative estimate of drug-likeness (QED) is 0.542. The summed E-state index contributed by atoms with van der Waals surface area (Å²) < 4.78 is 7.01. The minimum atomic E-state index is -0.489. The van der Waals surface area contributed by atoms with Gasteiger partial charge in [-0.25, -0.2) is 0 Å². The second kappa shape index (κ2) is 5.73. The van der Waals surface area contributed by atoms with Gasteiger partial charge in [-0.05, 0) is 30.3 Å². The number of ether oxygens (including phenoxy) is 1. The predicted octanol–water partition coefficient (Wildman–Crippen LogP) is 3.69. The van der Waals surface area contributed by atoms with Crippen molar-refractivity contribution in [2.45, 2.75) is 0 Å². The number of benzene rings is 2. The summed E-state index contributed by atoms with van der Waals surface area (Å²) in [6.45, 7) is 0. The number of aromatic nitrogens is 1. The molecule has 3 rings (SSSR count). The smallest absolute Gasteiger partial charge is 0.269 e. The average Bonchev–Trinajstić information content (AvgIpc) is 2.53. The molecule has 0 fully saturated rings. The van der Waals surface area contributed by atoms with E-state index in [-0.39, 0.29) is 11.2 Å². The van der Waals surface area contributed by atoms with Crippen molar-refractivity contribution >= 4 is 28.1 Å². The minimum absolute atomic E-state index is 0.0327. The van der Waals surface area contributed by atoms with E-state index in [1.807, 2.05) is 0 Å². The third kappa shape index (κ3) is 2.89. The lowest BCUT2D eigenvalue weighted by Crippen LogP contribution is -2.16. The van der Waals surface area contributed by atoms with E-state index >= 15 is 0 Å². The van der Waals surface area contributed by atoms with E-state index in [4.69, 9.17) is 16.3 Å². The van der Waals surface area contributed by atoms with Crippen LogP contribution in [0, 0.1) is 16.3 Å². The first-order chi connectivity index (χ1) is 11.0. The highest BCUT2D eigenvalue weighted by Crippen LogP contribution is 2.30. The summed E-state index contributed by atoms with van der Waals surface area (Å²) in [5.41, 5.74) is -0.248. The SMILES string of the molecule is Cn1[c]c(Oc2ccc([N+](=O)[O-])cc2)c2cc(Cl)ccc2c1=O. The summed E-state index contributed by atoms with van der Waals surface area (Å²) in [6, 6.07) is 10.5. The lowest BCUT2D eigenvalue weighted by Gasteiger charge is -2.10. The predicted molar refractivity (Wildman–Crippen MR) is 86.2 cm³/mol. The van der Waals surface area contributed by atoms with E-state index < -0.39 is 4.92 Å². The number of rotatable bonds is 3. The number of hydrogen-bond acceptors (Lipinski definition) is 4. The monoisotopic (exact) mass is 329 g/mol. The van der Waals surface area contributed by atoms with Crippen molar-refractivity contribution in [2.24, 2.45) is 7.05 Å². The van der Waals surface area contributed by atoms with Gasteiger partial charge in [-0.15, -0.1) is 0 Å². The summed E-state index contributed by atoms with van der Waals surface area (Å²) in [7, 11) is 1.57. The van der Waals surface area contributed by atoms with Gasteiger partial charge in [0.1, 0.15) is 11.9 Å². The lowest BCUT2D eigenvalue weighted by molar-refractivity contribution is -0.384. The zero-order valence-electron chi connectivity index (χ0n) is 11.9. The van der Waals surface area contributed by atoms with Gasteiger partial charge in [0.05, 0.1) is 10.3 Å². The fourth-order valence-corrected chi connectivity index (χ4v) is 2.34. The first kappa shape index (κ1) is 15.1. The topological polar surface area (TPSA) is 74.4 Å². The van der Waals surface area contributed by atoms with Crippen molar-refractivity contribution in [1.82, 2.24) is 4.57 Å². The number of pyridine rings is 1. The number of hydrogen-bond donors (Lipinski definition) is 0. The molecule has 0 aliphatic rings. The number of halogens is 1. The molecule has 0 aliphatic carbocycles. The van der Waals surface area contributed by atoms with Crippen molar-refractivity contribution in [3.8, 4) is 11.5 Å². The van der Waals surface area contributed by atoms with E-state index in [1.54, 1.807) is 25.2 Å². The fourth-order valence-electron chi connectivity index (χ4n) is 2.17. The number of nitro benzene ring substituents is 1. The van der Waals surface area contributed by atoms with Crippen molar-refractivity contribution in [1.29, 1.82) is 0 Å². The van der Waals surface area contributed by atoms with Crippen LogP contribution in [0.4, 0.5) is 5.69 Å². The molecule has 0 saturated heterocycles. The molecule has 0 aliphatic heterocycles. The maximum absolute atomic E-state index is 12.1. The van der Waals surface area contributed by atoms with Gasteiger partial charge in [0.2, 0.25) is 0 Å². The Hall–Kier alpha value is -2.86. The van der Waals surface area contributed by atoms with Gasteiger partial charge in [-0.2, -0.15) is 0 Å². The standard InChI is InChI=1S/C16H10ClN2O4/c1-18-9-15(14-8-10(17)2-7-13(14)16(18)20)23-12-5-3-11(4-6-12)19(21)22/h2-8H,1H3. The zero-order chi connectivity index (χ0) is 16.6. The Morgan fingerprint density at radius 3 is 2.52 bits per heavy atom. The van der Waals surface area contributed by atoms with Crippen LogP contribution in [0.2, 0.25) is 5.02 Å². The van der Waals surface area contributed by atoms with Crippen molar-refractivity contribution in [2.75, 3.05) is 0 Å². The molecule has 2 aromatic carbocycles. The molecule has 0 amide bonds. The van der Waals surface area contributed by atoms with Crippen LogP contribution in [-0.2, 0) is 7.05 Å². The molecule has 0 saturated carbocycles. The fraction of sp³-hybridized carbons (Fsp3) is 0.0625. The molecule has 1 radical (unpaired) electrons. The molecule has 115 valence electrons. The Morgan fingerprint density at radius 1 is 1.17 bits per heavy atom. The highest BCUT2D eigenvalue weighted by atomic mass is 35.5. The largest absolute Gasteiger partial charge is 0.454 e. The summed E-state index contributed by atoms with van der Waals surface area (Å²) in [4.78, 5) is 22.3. The highest BCUT2D eigenvalue weighted by Gasteiger charge is 2.11. The van der Waals surface area contributed by atoms with Gasteiger partial charge in [0.25, 0.3) is 11.2 Å².